The lowest BCUT2D eigenvalue weighted by molar-refractivity contribution is 0.0724. The van der Waals surface area contributed by atoms with Gasteiger partial charge in [-0.05, 0) is 30.2 Å². The quantitative estimate of drug-likeness (QED) is 0.891. The van der Waals surface area contributed by atoms with Crippen LogP contribution in [0.2, 0.25) is 5.02 Å². The Balaban J connectivity index is 2.06. The first-order chi connectivity index (χ1) is 10.2. The molecule has 2 rings (SSSR count). The molecule has 0 saturated heterocycles. The molecule has 1 N–H and O–H groups in total. The van der Waals surface area contributed by atoms with E-state index in [1.165, 1.54) is 5.56 Å². The van der Waals surface area contributed by atoms with Crippen LogP contribution in [-0.2, 0) is 6.42 Å². The Kier molecular flexibility index (Phi) is 5.78. The molecule has 0 saturated carbocycles. The molecular formula is C17H18ClNO2. The average Bonchev–Trinajstić information content (AvgIpc) is 2.52. The molecule has 0 atom stereocenters. The molecule has 0 aliphatic heterocycles. The van der Waals surface area contributed by atoms with Crippen LogP contribution >= 0.6 is 11.6 Å². The van der Waals surface area contributed by atoms with Crippen molar-refractivity contribution in [1.82, 2.24) is 4.90 Å². The Morgan fingerprint density at radius 1 is 1.05 bits per heavy atom. The SMILES string of the molecule is O=C(c1cccc(Cl)c1)N(CCO)CCc1ccccc1. The Morgan fingerprint density at radius 2 is 1.81 bits per heavy atom. The van der Waals surface area contributed by atoms with Gasteiger partial charge < -0.3 is 10.0 Å². The summed E-state index contributed by atoms with van der Waals surface area (Å²) in [4.78, 5) is 14.1. The van der Waals surface area contributed by atoms with Crippen molar-refractivity contribution in [3.63, 3.8) is 0 Å². The minimum Gasteiger partial charge on any atom is -0.395 e. The van der Waals surface area contributed by atoms with Crippen LogP contribution in [0.5, 0.6) is 0 Å². The van der Waals surface area contributed by atoms with Crippen molar-refractivity contribution in [2.45, 2.75) is 6.42 Å². The van der Waals surface area contributed by atoms with E-state index < -0.39 is 0 Å². The van der Waals surface area contributed by atoms with Crippen molar-refractivity contribution >= 4 is 17.5 Å². The molecule has 4 heteroatoms. The summed E-state index contributed by atoms with van der Waals surface area (Å²) >= 11 is 5.92. The molecule has 21 heavy (non-hydrogen) atoms. The average molecular weight is 304 g/mol. The van der Waals surface area contributed by atoms with Crippen LogP contribution in [0.25, 0.3) is 0 Å². The molecule has 0 aromatic heterocycles. The number of aliphatic hydroxyl groups excluding tert-OH is 1. The maximum Gasteiger partial charge on any atom is 0.253 e. The monoisotopic (exact) mass is 303 g/mol. The smallest absolute Gasteiger partial charge is 0.253 e. The van der Waals surface area contributed by atoms with Crippen molar-refractivity contribution in [3.8, 4) is 0 Å². The van der Waals surface area contributed by atoms with Gasteiger partial charge in [-0.15, -0.1) is 0 Å². The normalized spacial score (nSPS) is 10.4. The fourth-order valence-electron chi connectivity index (χ4n) is 2.15. The molecular weight excluding hydrogens is 286 g/mol. The van der Waals surface area contributed by atoms with E-state index in [1.54, 1.807) is 29.2 Å². The van der Waals surface area contributed by atoms with Gasteiger partial charge in [0, 0.05) is 23.7 Å². The van der Waals surface area contributed by atoms with Crippen LogP contribution in [-0.4, -0.2) is 35.6 Å². The van der Waals surface area contributed by atoms with E-state index in [0.29, 0.717) is 23.7 Å². The van der Waals surface area contributed by atoms with Crippen molar-refractivity contribution in [3.05, 3.63) is 70.7 Å². The summed E-state index contributed by atoms with van der Waals surface area (Å²) < 4.78 is 0. The van der Waals surface area contributed by atoms with Gasteiger partial charge in [0.25, 0.3) is 5.91 Å². The van der Waals surface area contributed by atoms with Gasteiger partial charge in [-0.1, -0.05) is 48.0 Å². The summed E-state index contributed by atoms with van der Waals surface area (Å²) in [6.45, 7) is 0.829. The number of hydrogen-bond acceptors (Lipinski definition) is 2. The van der Waals surface area contributed by atoms with E-state index in [0.717, 1.165) is 6.42 Å². The highest BCUT2D eigenvalue weighted by Gasteiger charge is 2.15. The van der Waals surface area contributed by atoms with E-state index in [9.17, 15) is 4.79 Å². The number of nitrogens with zero attached hydrogens (tertiary/aromatic N) is 1. The minimum atomic E-state index is -0.109. The lowest BCUT2D eigenvalue weighted by Crippen LogP contribution is -2.35. The van der Waals surface area contributed by atoms with Gasteiger partial charge in [-0.3, -0.25) is 4.79 Å². The number of aliphatic hydroxyl groups is 1. The van der Waals surface area contributed by atoms with Crippen molar-refractivity contribution in [2.75, 3.05) is 19.7 Å². The largest absolute Gasteiger partial charge is 0.395 e. The number of hydrogen-bond donors (Lipinski definition) is 1. The molecule has 0 fully saturated rings. The molecule has 0 spiro atoms. The van der Waals surface area contributed by atoms with Gasteiger partial charge in [0.15, 0.2) is 0 Å². The maximum absolute atomic E-state index is 12.5. The third kappa shape index (κ3) is 4.59. The Labute approximate surface area is 129 Å². The first kappa shape index (κ1) is 15.5. The maximum atomic E-state index is 12.5. The highest BCUT2D eigenvalue weighted by atomic mass is 35.5. The zero-order valence-corrected chi connectivity index (χ0v) is 12.5. The Bertz CT molecular complexity index is 586. The molecule has 0 aliphatic rings. The van der Waals surface area contributed by atoms with E-state index in [1.807, 2.05) is 30.3 Å². The number of carbonyl (C=O) groups is 1. The lowest BCUT2D eigenvalue weighted by Gasteiger charge is -2.22. The standard InChI is InChI=1S/C17H18ClNO2/c18-16-8-4-7-15(13-16)17(21)19(11-12-20)10-9-14-5-2-1-3-6-14/h1-8,13,20H,9-12H2. The van der Waals surface area contributed by atoms with Gasteiger partial charge in [-0.25, -0.2) is 0 Å². The van der Waals surface area contributed by atoms with Crippen molar-refractivity contribution in [2.24, 2.45) is 0 Å². The number of amides is 1. The molecule has 0 radical (unpaired) electrons. The van der Waals surface area contributed by atoms with Crippen LogP contribution in [0.1, 0.15) is 15.9 Å². The molecule has 2 aromatic rings. The van der Waals surface area contributed by atoms with E-state index in [4.69, 9.17) is 16.7 Å². The lowest BCUT2D eigenvalue weighted by atomic mass is 10.1. The molecule has 0 bridgehead atoms. The zero-order chi connectivity index (χ0) is 15.1. The van der Waals surface area contributed by atoms with E-state index in [-0.39, 0.29) is 12.5 Å². The predicted octanol–water partition coefficient (Wildman–Crippen LogP) is 3.02. The van der Waals surface area contributed by atoms with Crippen LogP contribution in [0.4, 0.5) is 0 Å². The first-order valence-electron chi connectivity index (χ1n) is 6.90. The number of carbonyl (C=O) groups excluding carboxylic acids is 1. The third-order valence-corrected chi connectivity index (χ3v) is 3.48. The van der Waals surface area contributed by atoms with Crippen LogP contribution < -0.4 is 0 Å². The molecule has 1 amide bonds. The molecule has 3 nitrogen and oxygen atoms in total. The minimum absolute atomic E-state index is 0.0545. The van der Waals surface area contributed by atoms with E-state index in [2.05, 4.69) is 0 Å². The van der Waals surface area contributed by atoms with Gasteiger partial charge in [0.2, 0.25) is 0 Å². The molecule has 2 aromatic carbocycles. The first-order valence-corrected chi connectivity index (χ1v) is 7.28. The third-order valence-electron chi connectivity index (χ3n) is 3.24. The molecule has 0 aliphatic carbocycles. The summed E-state index contributed by atoms with van der Waals surface area (Å²) in [6, 6.07) is 16.9. The van der Waals surface area contributed by atoms with Gasteiger partial charge >= 0.3 is 0 Å². The summed E-state index contributed by atoms with van der Waals surface area (Å²) in [5.41, 5.74) is 1.71. The fraction of sp³-hybridized carbons (Fsp3) is 0.235. The number of rotatable bonds is 6. The van der Waals surface area contributed by atoms with Gasteiger partial charge in [0.05, 0.1) is 6.61 Å². The second kappa shape index (κ2) is 7.81. The van der Waals surface area contributed by atoms with Gasteiger partial charge in [-0.2, -0.15) is 0 Å². The fourth-order valence-corrected chi connectivity index (χ4v) is 2.34. The molecule has 0 heterocycles. The number of halogens is 1. The highest BCUT2D eigenvalue weighted by molar-refractivity contribution is 6.30. The van der Waals surface area contributed by atoms with Crippen molar-refractivity contribution in [1.29, 1.82) is 0 Å². The predicted molar refractivity (Wildman–Crippen MR) is 84.6 cm³/mol. The van der Waals surface area contributed by atoms with Crippen molar-refractivity contribution < 1.29 is 9.90 Å². The van der Waals surface area contributed by atoms with Gasteiger partial charge in [0.1, 0.15) is 0 Å². The van der Waals surface area contributed by atoms with E-state index >= 15 is 0 Å². The summed E-state index contributed by atoms with van der Waals surface area (Å²) in [7, 11) is 0. The van der Waals surface area contributed by atoms with Crippen LogP contribution in [0, 0.1) is 0 Å². The topological polar surface area (TPSA) is 40.5 Å². The summed E-state index contributed by atoms with van der Waals surface area (Å²) in [5.74, 6) is -0.109. The summed E-state index contributed by atoms with van der Waals surface area (Å²) in [5, 5.41) is 9.70. The zero-order valence-electron chi connectivity index (χ0n) is 11.7. The molecule has 110 valence electrons. The molecule has 0 unspecified atom stereocenters. The second-order valence-corrected chi connectivity index (χ2v) is 5.20. The van der Waals surface area contributed by atoms with Crippen LogP contribution in [0.3, 0.4) is 0 Å². The van der Waals surface area contributed by atoms with Crippen LogP contribution in [0.15, 0.2) is 54.6 Å². The highest BCUT2D eigenvalue weighted by Crippen LogP contribution is 2.13. The Hall–Kier alpha value is -1.84. The summed E-state index contributed by atoms with van der Waals surface area (Å²) in [6.07, 6.45) is 0.757. The Morgan fingerprint density at radius 3 is 2.48 bits per heavy atom. The second-order valence-electron chi connectivity index (χ2n) is 4.76. The number of benzene rings is 2.